The summed E-state index contributed by atoms with van der Waals surface area (Å²) in [6.45, 7) is 4.84. The number of nitrogens with two attached hydrogens (primary N) is 1. The van der Waals surface area contributed by atoms with Crippen molar-refractivity contribution < 1.29 is 8.42 Å². The van der Waals surface area contributed by atoms with E-state index in [-0.39, 0.29) is 4.90 Å². The van der Waals surface area contributed by atoms with E-state index < -0.39 is 10.0 Å². The molecule has 16 heavy (non-hydrogen) atoms. The first-order valence-corrected chi connectivity index (χ1v) is 6.65. The zero-order chi connectivity index (χ0) is 12.2. The van der Waals surface area contributed by atoms with Crippen molar-refractivity contribution in [1.82, 2.24) is 9.29 Å². The molecule has 2 N–H and O–H groups in total. The molecule has 0 spiro atoms. The minimum Gasteiger partial charge on any atom is -0.325 e. The number of rotatable bonds is 5. The zero-order valence-corrected chi connectivity index (χ0v) is 10.4. The molecule has 1 rings (SSSR count). The summed E-state index contributed by atoms with van der Waals surface area (Å²) >= 11 is 0. The van der Waals surface area contributed by atoms with E-state index in [0.29, 0.717) is 25.3 Å². The molecule has 0 radical (unpaired) electrons. The standard InChI is InChI=1S/C10H17N3O2S/c1-3-13(4-2)16(14,15)10-6-5-9(7-11)12-8-10/h5-6,8H,3-4,7,11H2,1-2H3. The monoisotopic (exact) mass is 243 g/mol. The third kappa shape index (κ3) is 2.58. The van der Waals surface area contributed by atoms with Crippen LogP contribution in [0.3, 0.4) is 0 Å². The Hall–Kier alpha value is -0.980. The Balaban J connectivity index is 3.07. The maximum Gasteiger partial charge on any atom is 0.244 e. The average Bonchev–Trinajstić information content (AvgIpc) is 2.30. The lowest BCUT2D eigenvalue weighted by Crippen LogP contribution is -2.30. The third-order valence-electron chi connectivity index (χ3n) is 2.35. The molecule has 0 atom stereocenters. The SMILES string of the molecule is CCN(CC)S(=O)(=O)c1ccc(CN)nc1. The van der Waals surface area contributed by atoms with Crippen LogP contribution in [0.25, 0.3) is 0 Å². The minimum atomic E-state index is -3.40. The van der Waals surface area contributed by atoms with E-state index in [2.05, 4.69) is 4.98 Å². The van der Waals surface area contributed by atoms with Crippen molar-refractivity contribution in [3.05, 3.63) is 24.0 Å². The number of pyridine rings is 1. The molecule has 0 aromatic carbocycles. The topological polar surface area (TPSA) is 76.3 Å². The zero-order valence-electron chi connectivity index (χ0n) is 9.55. The van der Waals surface area contributed by atoms with Crippen molar-refractivity contribution in [3.8, 4) is 0 Å². The molecule has 5 nitrogen and oxygen atoms in total. The van der Waals surface area contributed by atoms with Crippen molar-refractivity contribution in [2.75, 3.05) is 13.1 Å². The molecule has 0 fully saturated rings. The second kappa shape index (κ2) is 5.38. The molecule has 0 aliphatic heterocycles. The van der Waals surface area contributed by atoms with Gasteiger partial charge in [0.1, 0.15) is 4.90 Å². The highest BCUT2D eigenvalue weighted by Crippen LogP contribution is 2.14. The van der Waals surface area contributed by atoms with Crippen molar-refractivity contribution in [3.63, 3.8) is 0 Å². The summed E-state index contributed by atoms with van der Waals surface area (Å²) in [7, 11) is -3.40. The number of hydrogen-bond acceptors (Lipinski definition) is 4. The van der Waals surface area contributed by atoms with Gasteiger partial charge in [0.05, 0.1) is 5.69 Å². The van der Waals surface area contributed by atoms with Gasteiger partial charge in [-0.25, -0.2) is 8.42 Å². The second-order valence-corrected chi connectivity index (χ2v) is 5.22. The van der Waals surface area contributed by atoms with Crippen LogP contribution in [0.5, 0.6) is 0 Å². The summed E-state index contributed by atoms with van der Waals surface area (Å²) in [5.41, 5.74) is 6.08. The highest BCUT2D eigenvalue weighted by Gasteiger charge is 2.21. The van der Waals surface area contributed by atoms with E-state index in [0.717, 1.165) is 0 Å². The molecule has 0 aliphatic carbocycles. The molecule has 1 heterocycles. The van der Waals surface area contributed by atoms with Gasteiger partial charge < -0.3 is 5.73 Å². The van der Waals surface area contributed by atoms with Gasteiger partial charge in [-0.1, -0.05) is 13.8 Å². The van der Waals surface area contributed by atoms with Gasteiger partial charge in [0.25, 0.3) is 0 Å². The van der Waals surface area contributed by atoms with Crippen LogP contribution >= 0.6 is 0 Å². The summed E-state index contributed by atoms with van der Waals surface area (Å²) in [6, 6.07) is 3.18. The van der Waals surface area contributed by atoms with E-state index >= 15 is 0 Å². The summed E-state index contributed by atoms with van der Waals surface area (Å²) in [5, 5.41) is 0. The Bertz CT molecular complexity index is 424. The molecule has 0 unspecified atom stereocenters. The maximum atomic E-state index is 12.0. The van der Waals surface area contributed by atoms with Crippen molar-refractivity contribution >= 4 is 10.0 Å². The Morgan fingerprint density at radius 2 is 1.94 bits per heavy atom. The van der Waals surface area contributed by atoms with Gasteiger partial charge in [-0.3, -0.25) is 4.98 Å². The number of sulfonamides is 1. The summed E-state index contributed by atoms with van der Waals surface area (Å²) in [6.07, 6.45) is 1.36. The predicted octanol–water partition coefficient (Wildman–Crippen LogP) is 0.571. The lowest BCUT2D eigenvalue weighted by molar-refractivity contribution is 0.445. The molecule has 0 aliphatic rings. The lowest BCUT2D eigenvalue weighted by atomic mass is 10.4. The van der Waals surface area contributed by atoms with Crippen LogP contribution in [-0.2, 0) is 16.6 Å². The van der Waals surface area contributed by atoms with Crippen LogP contribution in [0.2, 0.25) is 0 Å². The van der Waals surface area contributed by atoms with Gasteiger partial charge >= 0.3 is 0 Å². The van der Waals surface area contributed by atoms with E-state index in [1.165, 1.54) is 10.5 Å². The normalized spacial score (nSPS) is 12.0. The van der Waals surface area contributed by atoms with E-state index in [1.807, 2.05) is 13.8 Å². The van der Waals surface area contributed by atoms with Crippen LogP contribution < -0.4 is 5.73 Å². The van der Waals surface area contributed by atoms with Crippen molar-refractivity contribution in [2.45, 2.75) is 25.3 Å². The Labute approximate surface area is 96.3 Å². The molecule has 6 heteroatoms. The number of nitrogens with zero attached hydrogens (tertiary/aromatic N) is 2. The molecular weight excluding hydrogens is 226 g/mol. The molecule has 1 aromatic rings. The number of hydrogen-bond donors (Lipinski definition) is 1. The quantitative estimate of drug-likeness (QED) is 0.820. The highest BCUT2D eigenvalue weighted by molar-refractivity contribution is 7.89. The van der Waals surface area contributed by atoms with Crippen LogP contribution in [0.4, 0.5) is 0 Å². The average molecular weight is 243 g/mol. The first-order valence-electron chi connectivity index (χ1n) is 5.21. The van der Waals surface area contributed by atoms with Crippen LogP contribution in [0.1, 0.15) is 19.5 Å². The fourth-order valence-corrected chi connectivity index (χ4v) is 2.80. The van der Waals surface area contributed by atoms with E-state index in [4.69, 9.17) is 5.73 Å². The fourth-order valence-electron chi connectivity index (χ4n) is 1.40. The first kappa shape index (κ1) is 13.1. The number of aromatic nitrogens is 1. The second-order valence-electron chi connectivity index (χ2n) is 3.28. The Morgan fingerprint density at radius 1 is 1.31 bits per heavy atom. The summed E-state index contributed by atoms with van der Waals surface area (Å²) in [4.78, 5) is 4.20. The van der Waals surface area contributed by atoms with Crippen molar-refractivity contribution in [1.29, 1.82) is 0 Å². The molecule has 90 valence electrons. The minimum absolute atomic E-state index is 0.216. The molecule has 0 amide bonds. The summed E-state index contributed by atoms with van der Waals surface area (Å²) < 4.78 is 25.5. The molecule has 0 saturated heterocycles. The van der Waals surface area contributed by atoms with Crippen LogP contribution in [-0.4, -0.2) is 30.8 Å². The molecule has 1 aromatic heterocycles. The predicted molar refractivity (Wildman–Crippen MR) is 62.2 cm³/mol. The first-order chi connectivity index (χ1) is 7.56. The van der Waals surface area contributed by atoms with Gasteiger partial charge in [-0.05, 0) is 12.1 Å². The van der Waals surface area contributed by atoms with Gasteiger partial charge in [-0.15, -0.1) is 0 Å². The smallest absolute Gasteiger partial charge is 0.244 e. The molecule has 0 saturated carbocycles. The van der Waals surface area contributed by atoms with Crippen LogP contribution in [0.15, 0.2) is 23.2 Å². The van der Waals surface area contributed by atoms with E-state index in [9.17, 15) is 8.42 Å². The van der Waals surface area contributed by atoms with Crippen molar-refractivity contribution in [2.24, 2.45) is 5.73 Å². The van der Waals surface area contributed by atoms with Gasteiger partial charge in [0, 0.05) is 25.8 Å². The third-order valence-corrected chi connectivity index (χ3v) is 4.38. The molecular formula is C10H17N3O2S. The largest absolute Gasteiger partial charge is 0.325 e. The summed E-state index contributed by atoms with van der Waals surface area (Å²) in [5.74, 6) is 0. The van der Waals surface area contributed by atoms with Gasteiger partial charge in [0.15, 0.2) is 0 Å². The maximum absolute atomic E-state index is 12.0. The highest BCUT2D eigenvalue weighted by atomic mass is 32.2. The Kier molecular flexibility index (Phi) is 4.40. The van der Waals surface area contributed by atoms with Gasteiger partial charge in [0.2, 0.25) is 10.0 Å². The van der Waals surface area contributed by atoms with Crippen LogP contribution in [0, 0.1) is 0 Å². The lowest BCUT2D eigenvalue weighted by Gasteiger charge is -2.18. The molecule has 0 bridgehead atoms. The van der Waals surface area contributed by atoms with Gasteiger partial charge in [-0.2, -0.15) is 4.31 Å². The van der Waals surface area contributed by atoms with E-state index in [1.54, 1.807) is 12.1 Å². The fraction of sp³-hybridized carbons (Fsp3) is 0.500. The Morgan fingerprint density at radius 3 is 2.31 bits per heavy atom.